The molecule has 1 saturated carbocycles. The lowest BCUT2D eigenvalue weighted by Gasteiger charge is -2.23. The van der Waals surface area contributed by atoms with Gasteiger partial charge in [-0.05, 0) is 55.2 Å². The topological polar surface area (TPSA) is 20.3 Å². The van der Waals surface area contributed by atoms with Gasteiger partial charge in [0.2, 0.25) is 0 Å². The van der Waals surface area contributed by atoms with Crippen LogP contribution in [0.15, 0.2) is 48.5 Å². The molecule has 1 aliphatic rings. The van der Waals surface area contributed by atoms with Crippen molar-refractivity contribution in [3.63, 3.8) is 0 Å². The summed E-state index contributed by atoms with van der Waals surface area (Å²) in [6, 6.07) is 11.6. The Bertz CT molecular complexity index is 650. The Labute approximate surface area is 122 Å². The van der Waals surface area contributed by atoms with E-state index in [1.165, 1.54) is 35.2 Å². The molecule has 0 aliphatic heterocycles. The highest BCUT2D eigenvalue weighted by Crippen LogP contribution is 2.33. The van der Waals surface area contributed by atoms with Crippen LogP contribution in [0.3, 0.4) is 0 Å². The molecule has 0 unspecified atom stereocenters. The van der Waals surface area contributed by atoms with Crippen LogP contribution in [0.25, 0.3) is 0 Å². The minimum absolute atomic E-state index is 0.277. The fourth-order valence-corrected chi connectivity index (χ4v) is 2.27. The molecular formula is C17H15F2NO. The molecule has 0 atom stereocenters. The smallest absolute Gasteiger partial charge is 0.258 e. The van der Waals surface area contributed by atoms with Crippen molar-refractivity contribution in [1.82, 2.24) is 0 Å². The molecule has 0 spiro atoms. The standard InChI is InChI=1S/C17H15F2NO/c18-14-9-7-13(8-10-14)17(21)20(11-12-5-6-12)16-4-2-1-3-15(16)19/h1-4,7-10,12H,5-6,11H2. The van der Waals surface area contributed by atoms with Crippen molar-refractivity contribution in [1.29, 1.82) is 0 Å². The van der Waals surface area contributed by atoms with E-state index in [0.29, 0.717) is 18.0 Å². The number of hydrogen-bond donors (Lipinski definition) is 0. The maximum Gasteiger partial charge on any atom is 0.258 e. The highest BCUT2D eigenvalue weighted by atomic mass is 19.1. The third-order valence-electron chi connectivity index (χ3n) is 3.62. The largest absolute Gasteiger partial charge is 0.305 e. The summed E-state index contributed by atoms with van der Waals surface area (Å²) in [5.41, 5.74) is 0.638. The number of carbonyl (C=O) groups is 1. The molecule has 0 heterocycles. The van der Waals surface area contributed by atoms with Gasteiger partial charge in [0.05, 0.1) is 5.69 Å². The fraction of sp³-hybridized carbons (Fsp3) is 0.235. The van der Waals surface area contributed by atoms with Gasteiger partial charge in [0.1, 0.15) is 11.6 Å². The Hall–Kier alpha value is -2.23. The molecule has 2 aromatic rings. The molecular weight excluding hydrogens is 272 g/mol. The Balaban J connectivity index is 1.93. The molecule has 0 saturated heterocycles. The maximum absolute atomic E-state index is 14.0. The second-order valence-electron chi connectivity index (χ2n) is 5.32. The summed E-state index contributed by atoms with van der Waals surface area (Å²) in [5, 5.41) is 0. The van der Waals surface area contributed by atoms with Crippen molar-refractivity contribution in [3.05, 3.63) is 65.7 Å². The normalized spacial score (nSPS) is 14.0. The van der Waals surface area contributed by atoms with Crippen molar-refractivity contribution in [2.45, 2.75) is 12.8 Å². The number of anilines is 1. The molecule has 1 aliphatic carbocycles. The molecule has 0 aromatic heterocycles. The van der Waals surface area contributed by atoms with Crippen LogP contribution in [-0.2, 0) is 0 Å². The molecule has 1 amide bonds. The van der Waals surface area contributed by atoms with Crippen LogP contribution >= 0.6 is 0 Å². The fourth-order valence-electron chi connectivity index (χ4n) is 2.27. The molecule has 4 heteroatoms. The minimum Gasteiger partial charge on any atom is -0.305 e. The van der Waals surface area contributed by atoms with Crippen molar-refractivity contribution < 1.29 is 13.6 Å². The van der Waals surface area contributed by atoms with Crippen molar-refractivity contribution >= 4 is 11.6 Å². The second kappa shape index (κ2) is 5.64. The zero-order valence-electron chi connectivity index (χ0n) is 11.4. The average Bonchev–Trinajstić information content (AvgIpc) is 3.30. The van der Waals surface area contributed by atoms with Crippen LogP contribution in [0.4, 0.5) is 14.5 Å². The Morgan fingerprint density at radius 2 is 1.71 bits per heavy atom. The lowest BCUT2D eigenvalue weighted by atomic mass is 10.1. The third kappa shape index (κ3) is 3.10. The van der Waals surface area contributed by atoms with Gasteiger partial charge in [0, 0.05) is 12.1 Å². The minimum atomic E-state index is -0.423. The molecule has 0 bridgehead atoms. The quantitative estimate of drug-likeness (QED) is 0.831. The van der Waals surface area contributed by atoms with Gasteiger partial charge in [-0.25, -0.2) is 8.78 Å². The summed E-state index contributed by atoms with van der Waals surface area (Å²) in [4.78, 5) is 14.1. The predicted octanol–water partition coefficient (Wildman–Crippen LogP) is 4.02. The molecule has 0 N–H and O–H groups in total. The van der Waals surface area contributed by atoms with Crippen molar-refractivity contribution in [3.8, 4) is 0 Å². The van der Waals surface area contributed by atoms with Gasteiger partial charge in [0.15, 0.2) is 0 Å². The lowest BCUT2D eigenvalue weighted by molar-refractivity contribution is 0.0984. The average molecular weight is 287 g/mol. The van der Waals surface area contributed by atoms with Gasteiger partial charge in [-0.2, -0.15) is 0 Å². The molecule has 108 valence electrons. The summed E-state index contributed by atoms with van der Waals surface area (Å²) in [6.45, 7) is 0.497. The van der Waals surface area contributed by atoms with Crippen LogP contribution in [0.1, 0.15) is 23.2 Å². The number of rotatable bonds is 4. The number of amides is 1. The summed E-state index contributed by atoms with van der Waals surface area (Å²) < 4.78 is 27.0. The molecule has 2 aromatic carbocycles. The molecule has 2 nitrogen and oxygen atoms in total. The van der Waals surface area contributed by atoms with E-state index in [9.17, 15) is 13.6 Å². The van der Waals surface area contributed by atoms with E-state index < -0.39 is 11.6 Å². The third-order valence-corrected chi connectivity index (χ3v) is 3.62. The van der Waals surface area contributed by atoms with Crippen LogP contribution < -0.4 is 4.90 Å². The van der Waals surface area contributed by atoms with Gasteiger partial charge < -0.3 is 4.90 Å². The second-order valence-corrected chi connectivity index (χ2v) is 5.32. The Kier molecular flexibility index (Phi) is 3.69. The number of halogens is 2. The van der Waals surface area contributed by atoms with Gasteiger partial charge in [-0.1, -0.05) is 12.1 Å². The molecule has 0 radical (unpaired) electrons. The molecule has 3 rings (SSSR count). The molecule has 1 fully saturated rings. The first-order valence-electron chi connectivity index (χ1n) is 6.97. The first-order chi connectivity index (χ1) is 10.1. The Morgan fingerprint density at radius 1 is 1.05 bits per heavy atom. The van der Waals surface area contributed by atoms with Crippen LogP contribution in [0.2, 0.25) is 0 Å². The van der Waals surface area contributed by atoms with Gasteiger partial charge >= 0.3 is 0 Å². The first kappa shape index (κ1) is 13.7. The monoisotopic (exact) mass is 287 g/mol. The zero-order valence-corrected chi connectivity index (χ0v) is 11.4. The van der Waals surface area contributed by atoms with Crippen molar-refractivity contribution in [2.75, 3.05) is 11.4 Å². The van der Waals surface area contributed by atoms with Crippen LogP contribution in [0, 0.1) is 17.6 Å². The highest BCUT2D eigenvalue weighted by Gasteiger charge is 2.29. The Morgan fingerprint density at radius 3 is 2.33 bits per heavy atom. The van der Waals surface area contributed by atoms with Crippen LogP contribution in [-0.4, -0.2) is 12.5 Å². The van der Waals surface area contributed by atoms with E-state index in [-0.39, 0.29) is 11.6 Å². The lowest BCUT2D eigenvalue weighted by Crippen LogP contribution is -2.33. The van der Waals surface area contributed by atoms with Gasteiger partial charge in [-0.3, -0.25) is 4.79 Å². The number of para-hydroxylation sites is 1. The van der Waals surface area contributed by atoms with E-state index in [1.807, 2.05) is 0 Å². The zero-order chi connectivity index (χ0) is 14.8. The summed E-state index contributed by atoms with van der Waals surface area (Å²) in [7, 11) is 0. The SMILES string of the molecule is O=C(c1ccc(F)cc1)N(CC1CC1)c1ccccc1F. The van der Waals surface area contributed by atoms with Gasteiger partial charge in [-0.15, -0.1) is 0 Å². The first-order valence-corrected chi connectivity index (χ1v) is 6.97. The van der Waals surface area contributed by atoms with E-state index in [4.69, 9.17) is 0 Å². The predicted molar refractivity (Wildman–Crippen MR) is 77.2 cm³/mol. The highest BCUT2D eigenvalue weighted by molar-refractivity contribution is 6.06. The number of nitrogens with zero attached hydrogens (tertiary/aromatic N) is 1. The summed E-state index contributed by atoms with van der Waals surface area (Å²) in [6.07, 6.45) is 2.11. The number of carbonyl (C=O) groups excluding carboxylic acids is 1. The van der Waals surface area contributed by atoms with E-state index in [1.54, 1.807) is 18.2 Å². The van der Waals surface area contributed by atoms with Crippen LogP contribution in [0.5, 0.6) is 0 Å². The summed E-state index contributed by atoms with van der Waals surface area (Å²) >= 11 is 0. The molecule has 21 heavy (non-hydrogen) atoms. The van der Waals surface area contributed by atoms with E-state index in [0.717, 1.165) is 12.8 Å². The van der Waals surface area contributed by atoms with Gasteiger partial charge in [0.25, 0.3) is 5.91 Å². The maximum atomic E-state index is 14.0. The summed E-state index contributed by atoms with van der Waals surface area (Å²) in [5.74, 6) is -0.694. The van der Waals surface area contributed by atoms with Crippen molar-refractivity contribution in [2.24, 2.45) is 5.92 Å². The van der Waals surface area contributed by atoms with E-state index >= 15 is 0 Å². The number of benzene rings is 2. The number of hydrogen-bond acceptors (Lipinski definition) is 1. The van der Waals surface area contributed by atoms with E-state index in [2.05, 4.69) is 0 Å².